The highest BCUT2D eigenvalue weighted by molar-refractivity contribution is 14.1. The van der Waals surface area contributed by atoms with Crippen LogP contribution in [0.25, 0.3) is 0 Å². The lowest BCUT2D eigenvalue weighted by Gasteiger charge is -2.43. The topological polar surface area (TPSA) is 9.23 Å². The molecule has 0 aromatic carbocycles. The minimum atomic E-state index is 0.203. The summed E-state index contributed by atoms with van der Waals surface area (Å²) in [4.78, 5) is 0. The third-order valence-corrected chi connectivity index (χ3v) is 6.16. The Labute approximate surface area is 134 Å². The molecule has 0 aromatic heterocycles. The minimum absolute atomic E-state index is 0.203. The fourth-order valence-corrected chi connectivity index (χ4v) is 4.13. The number of ether oxygens (including phenoxy) is 1. The number of hydrogen-bond donors (Lipinski definition) is 0. The molecule has 1 aliphatic carbocycles. The van der Waals surface area contributed by atoms with E-state index >= 15 is 0 Å². The second-order valence-corrected chi connectivity index (χ2v) is 8.13. The van der Waals surface area contributed by atoms with Crippen LogP contribution in [-0.2, 0) is 4.74 Å². The Kier molecular flexibility index (Phi) is 7.67. The van der Waals surface area contributed by atoms with Gasteiger partial charge in [0.25, 0.3) is 0 Å². The van der Waals surface area contributed by atoms with Gasteiger partial charge in [0.15, 0.2) is 0 Å². The fourth-order valence-electron chi connectivity index (χ4n) is 3.14. The van der Waals surface area contributed by atoms with Crippen LogP contribution >= 0.6 is 22.6 Å². The molecule has 0 aliphatic heterocycles. The molecule has 0 spiro atoms. The highest BCUT2D eigenvalue weighted by atomic mass is 127. The molecule has 0 amide bonds. The van der Waals surface area contributed by atoms with Crippen molar-refractivity contribution in [3.05, 3.63) is 0 Å². The Balaban J connectivity index is 2.34. The molecule has 1 fully saturated rings. The van der Waals surface area contributed by atoms with E-state index < -0.39 is 0 Å². The summed E-state index contributed by atoms with van der Waals surface area (Å²) in [5.41, 5.74) is 0.674. The summed E-state index contributed by atoms with van der Waals surface area (Å²) in [5, 5.41) is 0. The van der Waals surface area contributed by atoms with Crippen molar-refractivity contribution in [2.45, 2.75) is 84.7 Å². The Bertz CT molecular complexity index is 236. The van der Waals surface area contributed by atoms with E-state index in [2.05, 4.69) is 50.3 Å². The summed E-state index contributed by atoms with van der Waals surface area (Å²) in [5.74, 6) is 0.882. The van der Waals surface area contributed by atoms with E-state index in [1.54, 1.807) is 0 Å². The molecular formula is C17H33IO. The minimum Gasteiger partial charge on any atom is -0.374 e. The van der Waals surface area contributed by atoms with Gasteiger partial charge in [-0.25, -0.2) is 0 Å². The van der Waals surface area contributed by atoms with E-state index in [4.69, 9.17) is 4.74 Å². The summed E-state index contributed by atoms with van der Waals surface area (Å²) in [6.07, 6.45) is 10.5. The van der Waals surface area contributed by atoms with E-state index in [1.807, 2.05) is 0 Å². The SMILES string of the molecule is CCCCCCOC1(CI)CCC(C(C)(C)C)CC1. The summed E-state index contributed by atoms with van der Waals surface area (Å²) < 4.78 is 7.48. The van der Waals surface area contributed by atoms with Gasteiger partial charge in [-0.3, -0.25) is 0 Å². The molecule has 1 aliphatic rings. The number of rotatable bonds is 7. The third-order valence-electron chi connectivity index (χ3n) is 4.77. The summed E-state index contributed by atoms with van der Waals surface area (Å²) in [7, 11) is 0. The van der Waals surface area contributed by atoms with Crippen LogP contribution in [0, 0.1) is 11.3 Å². The number of hydrogen-bond acceptors (Lipinski definition) is 1. The Morgan fingerprint density at radius 1 is 1.11 bits per heavy atom. The largest absolute Gasteiger partial charge is 0.374 e. The maximum atomic E-state index is 6.32. The third kappa shape index (κ3) is 5.91. The maximum absolute atomic E-state index is 6.32. The first kappa shape index (κ1) is 17.7. The Hall–Kier alpha value is 0.690. The lowest BCUT2D eigenvalue weighted by molar-refractivity contribution is -0.0689. The van der Waals surface area contributed by atoms with Gasteiger partial charge >= 0.3 is 0 Å². The molecule has 0 atom stereocenters. The zero-order valence-corrected chi connectivity index (χ0v) is 15.6. The Morgan fingerprint density at radius 3 is 2.21 bits per heavy atom. The normalized spacial score (nSPS) is 28.6. The van der Waals surface area contributed by atoms with Gasteiger partial charge in [-0.05, 0) is 43.4 Å². The number of unbranched alkanes of at least 4 members (excludes halogenated alkanes) is 3. The molecule has 0 bridgehead atoms. The van der Waals surface area contributed by atoms with Gasteiger partial charge in [-0.1, -0.05) is 69.5 Å². The standard InChI is InChI=1S/C17H33IO/c1-5-6-7-8-13-19-17(14-18)11-9-15(10-12-17)16(2,3)4/h15H,5-14H2,1-4H3. The maximum Gasteiger partial charge on any atom is 0.0771 e. The zero-order valence-electron chi connectivity index (χ0n) is 13.4. The van der Waals surface area contributed by atoms with Crippen LogP contribution < -0.4 is 0 Å². The predicted octanol–water partition coefficient (Wildman–Crippen LogP) is 5.99. The van der Waals surface area contributed by atoms with E-state index in [9.17, 15) is 0 Å². The van der Waals surface area contributed by atoms with Gasteiger partial charge in [0.1, 0.15) is 0 Å². The van der Waals surface area contributed by atoms with E-state index in [0.717, 1.165) is 17.0 Å². The molecule has 0 saturated heterocycles. The van der Waals surface area contributed by atoms with E-state index in [1.165, 1.54) is 51.4 Å². The first-order valence-corrected chi connectivity index (χ1v) is 9.66. The molecule has 0 N–H and O–H groups in total. The fraction of sp³-hybridized carbons (Fsp3) is 1.00. The predicted molar refractivity (Wildman–Crippen MR) is 93.1 cm³/mol. The monoisotopic (exact) mass is 380 g/mol. The van der Waals surface area contributed by atoms with Crippen LogP contribution in [-0.4, -0.2) is 16.6 Å². The van der Waals surface area contributed by atoms with Gasteiger partial charge < -0.3 is 4.74 Å². The van der Waals surface area contributed by atoms with Crippen LogP contribution in [0.15, 0.2) is 0 Å². The molecule has 114 valence electrons. The molecule has 2 heteroatoms. The molecule has 0 unspecified atom stereocenters. The lowest BCUT2D eigenvalue weighted by Crippen LogP contribution is -2.41. The van der Waals surface area contributed by atoms with Crippen LogP contribution in [0.2, 0.25) is 0 Å². The van der Waals surface area contributed by atoms with Gasteiger partial charge in [-0.2, -0.15) is 0 Å². The van der Waals surface area contributed by atoms with Gasteiger partial charge in [0.05, 0.1) is 5.60 Å². The van der Waals surface area contributed by atoms with Gasteiger partial charge in [-0.15, -0.1) is 0 Å². The summed E-state index contributed by atoms with van der Waals surface area (Å²) >= 11 is 2.53. The van der Waals surface area contributed by atoms with Crippen LogP contribution in [0.4, 0.5) is 0 Å². The van der Waals surface area contributed by atoms with Crippen LogP contribution in [0.3, 0.4) is 0 Å². The number of alkyl halides is 1. The van der Waals surface area contributed by atoms with Crippen molar-refractivity contribution >= 4 is 22.6 Å². The van der Waals surface area contributed by atoms with Crippen molar-refractivity contribution in [1.29, 1.82) is 0 Å². The van der Waals surface area contributed by atoms with Gasteiger partial charge in [0.2, 0.25) is 0 Å². The lowest BCUT2D eigenvalue weighted by atomic mass is 9.69. The first-order chi connectivity index (χ1) is 8.93. The van der Waals surface area contributed by atoms with Crippen molar-refractivity contribution in [2.24, 2.45) is 11.3 Å². The highest BCUT2D eigenvalue weighted by Gasteiger charge is 2.38. The van der Waals surface area contributed by atoms with Gasteiger partial charge in [0, 0.05) is 11.0 Å². The highest BCUT2D eigenvalue weighted by Crippen LogP contribution is 2.43. The van der Waals surface area contributed by atoms with E-state index in [0.29, 0.717) is 5.41 Å². The molecule has 1 rings (SSSR count). The second-order valence-electron chi connectivity index (χ2n) is 7.37. The van der Waals surface area contributed by atoms with Crippen LogP contribution in [0.5, 0.6) is 0 Å². The quantitative estimate of drug-likeness (QED) is 0.299. The average Bonchev–Trinajstić information content (AvgIpc) is 2.38. The molecule has 0 radical (unpaired) electrons. The first-order valence-electron chi connectivity index (χ1n) is 8.13. The van der Waals surface area contributed by atoms with Crippen molar-refractivity contribution in [1.82, 2.24) is 0 Å². The van der Waals surface area contributed by atoms with Crippen molar-refractivity contribution < 1.29 is 4.74 Å². The Morgan fingerprint density at radius 2 is 1.74 bits per heavy atom. The summed E-state index contributed by atoms with van der Waals surface area (Å²) in [6.45, 7) is 10.4. The molecule has 0 heterocycles. The molecule has 0 aromatic rings. The van der Waals surface area contributed by atoms with E-state index in [-0.39, 0.29) is 5.60 Å². The molecule has 1 saturated carbocycles. The zero-order chi connectivity index (χ0) is 14.4. The second kappa shape index (κ2) is 8.21. The average molecular weight is 380 g/mol. The molecular weight excluding hydrogens is 347 g/mol. The van der Waals surface area contributed by atoms with Crippen LogP contribution in [0.1, 0.15) is 79.1 Å². The van der Waals surface area contributed by atoms with Crippen molar-refractivity contribution in [2.75, 3.05) is 11.0 Å². The molecule has 19 heavy (non-hydrogen) atoms. The van der Waals surface area contributed by atoms with Crippen molar-refractivity contribution in [3.8, 4) is 0 Å². The molecule has 1 nitrogen and oxygen atoms in total. The smallest absolute Gasteiger partial charge is 0.0771 e. The summed E-state index contributed by atoms with van der Waals surface area (Å²) in [6, 6.07) is 0. The number of halogens is 1. The van der Waals surface area contributed by atoms with Crippen molar-refractivity contribution in [3.63, 3.8) is 0 Å².